The summed E-state index contributed by atoms with van der Waals surface area (Å²) in [5.74, 6) is 0. The zero-order valence-corrected chi connectivity index (χ0v) is 11.0. The molecule has 0 radical (unpaired) electrons. The van der Waals surface area contributed by atoms with E-state index in [-0.39, 0.29) is 5.54 Å². The molecule has 0 unspecified atom stereocenters. The van der Waals surface area contributed by atoms with Gasteiger partial charge in [-0.05, 0) is 26.0 Å². The van der Waals surface area contributed by atoms with Crippen LogP contribution in [0.4, 0.5) is 11.4 Å². The molecule has 96 valence electrons. The maximum absolute atomic E-state index is 5.93. The third kappa shape index (κ3) is 2.54. The van der Waals surface area contributed by atoms with E-state index in [0.29, 0.717) is 12.3 Å². The summed E-state index contributed by atoms with van der Waals surface area (Å²) in [7, 11) is 1.70. The second kappa shape index (κ2) is 4.82. The van der Waals surface area contributed by atoms with Crippen LogP contribution >= 0.6 is 0 Å². The van der Waals surface area contributed by atoms with E-state index in [2.05, 4.69) is 24.1 Å². The number of para-hydroxylation sites is 1. The van der Waals surface area contributed by atoms with Gasteiger partial charge in [0.1, 0.15) is 0 Å². The number of pyridine rings is 1. The number of aromatic nitrogens is 1. The summed E-state index contributed by atoms with van der Waals surface area (Å²) in [5, 5.41) is 4.50. The molecule has 0 bridgehead atoms. The Bertz CT molecular complexity index is 552. The Morgan fingerprint density at radius 2 is 2.11 bits per heavy atom. The highest BCUT2D eigenvalue weighted by Gasteiger charge is 2.18. The molecule has 0 spiro atoms. The summed E-state index contributed by atoms with van der Waals surface area (Å²) >= 11 is 0. The fourth-order valence-electron chi connectivity index (χ4n) is 2.07. The van der Waals surface area contributed by atoms with E-state index >= 15 is 0 Å². The highest BCUT2D eigenvalue weighted by Crippen LogP contribution is 2.27. The maximum atomic E-state index is 5.93. The molecule has 0 fully saturated rings. The van der Waals surface area contributed by atoms with Gasteiger partial charge in [0.15, 0.2) is 0 Å². The number of benzene rings is 1. The lowest BCUT2D eigenvalue weighted by molar-refractivity contribution is 0.158. The monoisotopic (exact) mass is 245 g/mol. The van der Waals surface area contributed by atoms with Crippen LogP contribution in [0.25, 0.3) is 10.9 Å². The summed E-state index contributed by atoms with van der Waals surface area (Å²) < 4.78 is 5.21. The lowest BCUT2D eigenvalue weighted by Gasteiger charge is -2.27. The SMILES string of the molecule is COCC(C)(C)Nc1ccnc2c(N)cccc12. The summed E-state index contributed by atoms with van der Waals surface area (Å²) in [5.41, 5.74) is 8.33. The molecular formula is C14H19N3O. The number of fused-ring (bicyclic) bond motifs is 1. The Hall–Kier alpha value is -1.81. The lowest BCUT2D eigenvalue weighted by Crippen LogP contribution is -2.35. The molecule has 0 saturated heterocycles. The van der Waals surface area contributed by atoms with E-state index in [0.717, 1.165) is 16.6 Å². The van der Waals surface area contributed by atoms with Crippen LogP contribution in [-0.4, -0.2) is 24.2 Å². The van der Waals surface area contributed by atoms with Crippen LogP contribution in [0.5, 0.6) is 0 Å². The van der Waals surface area contributed by atoms with Crippen molar-refractivity contribution < 1.29 is 4.74 Å². The predicted molar refractivity (Wildman–Crippen MR) is 75.7 cm³/mol. The summed E-state index contributed by atoms with van der Waals surface area (Å²) in [6.45, 7) is 4.81. The third-order valence-corrected chi connectivity index (χ3v) is 2.78. The van der Waals surface area contributed by atoms with E-state index in [1.54, 1.807) is 13.3 Å². The first-order chi connectivity index (χ1) is 8.53. The van der Waals surface area contributed by atoms with Crippen molar-refractivity contribution in [3.63, 3.8) is 0 Å². The van der Waals surface area contributed by atoms with Gasteiger partial charge in [-0.2, -0.15) is 0 Å². The summed E-state index contributed by atoms with van der Waals surface area (Å²) in [6.07, 6.45) is 1.77. The molecule has 0 aliphatic carbocycles. The second-order valence-corrected chi connectivity index (χ2v) is 5.04. The molecule has 1 aromatic heterocycles. The molecular weight excluding hydrogens is 226 g/mol. The van der Waals surface area contributed by atoms with Gasteiger partial charge < -0.3 is 15.8 Å². The molecule has 0 aliphatic rings. The number of ether oxygens (including phenoxy) is 1. The molecule has 0 saturated carbocycles. The second-order valence-electron chi connectivity index (χ2n) is 5.04. The van der Waals surface area contributed by atoms with E-state index in [1.807, 2.05) is 24.3 Å². The van der Waals surface area contributed by atoms with Crippen molar-refractivity contribution in [2.75, 3.05) is 24.8 Å². The Kier molecular flexibility index (Phi) is 3.39. The molecule has 0 amide bonds. The molecule has 1 heterocycles. The normalized spacial score (nSPS) is 11.7. The van der Waals surface area contributed by atoms with Crippen LogP contribution < -0.4 is 11.1 Å². The van der Waals surface area contributed by atoms with Gasteiger partial charge in [-0.15, -0.1) is 0 Å². The van der Waals surface area contributed by atoms with E-state index in [1.165, 1.54) is 0 Å². The van der Waals surface area contributed by atoms with Crippen LogP contribution in [0, 0.1) is 0 Å². The van der Waals surface area contributed by atoms with Crippen LogP contribution in [0.2, 0.25) is 0 Å². The van der Waals surface area contributed by atoms with Crippen molar-refractivity contribution in [1.82, 2.24) is 4.98 Å². The van der Waals surface area contributed by atoms with Crippen LogP contribution in [0.3, 0.4) is 0 Å². The van der Waals surface area contributed by atoms with Gasteiger partial charge in [0, 0.05) is 24.4 Å². The minimum Gasteiger partial charge on any atom is -0.397 e. The van der Waals surface area contributed by atoms with Gasteiger partial charge in [-0.25, -0.2) is 0 Å². The lowest BCUT2D eigenvalue weighted by atomic mass is 10.1. The molecule has 0 atom stereocenters. The number of methoxy groups -OCH3 is 1. The molecule has 2 aromatic rings. The molecule has 4 nitrogen and oxygen atoms in total. The molecule has 4 heteroatoms. The van der Waals surface area contributed by atoms with Crippen LogP contribution in [-0.2, 0) is 4.74 Å². The van der Waals surface area contributed by atoms with Crippen molar-refractivity contribution in [1.29, 1.82) is 0 Å². The first-order valence-corrected chi connectivity index (χ1v) is 5.94. The van der Waals surface area contributed by atoms with E-state index in [4.69, 9.17) is 10.5 Å². The zero-order chi connectivity index (χ0) is 13.2. The van der Waals surface area contributed by atoms with Gasteiger partial charge in [-0.1, -0.05) is 12.1 Å². The molecule has 1 aromatic carbocycles. The molecule has 0 aliphatic heterocycles. The number of nitrogens with zero attached hydrogens (tertiary/aromatic N) is 1. The van der Waals surface area contributed by atoms with Crippen molar-refractivity contribution in [3.8, 4) is 0 Å². The fraction of sp³-hybridized carbons (Fsp3) is 0.357. The Labute approximate surface area is 107 Å². The number of nitrogen functional groups attached to an aromatic ring is 1. The topological polar surface area (TPSA) is 60.2 Å². The molecule has 3 N–H and O–H groups in total. The first kappa shape index (κ1) is 12.6. The smallest absolute Gasteiger partial charge is 0.0951 e. The molecule has 2 rings (SSSR count). The van der Waals surface area contributed by atoms with Gasteiger partial charge in [-0.3, -0.25) is 4.98 Å². The maximum Gasteiger partial charge on any atom is 0.0951 e. The highest BCUT2D eigenvalue weighted by atomic mass is 16.5. The van der Waals surface area contributed by atoms with Gasteiger partial charge in [0.25, 0.3) is 0 Å². The van der Waals surface area contributed by atoms with Crippen LogP contribution in [0.15, 0.2) is 30.5 Å². The minimum absolute atomic E-state index is 0.145. The fourth-order valence-corrected chi connectivity index (χ4v) is 2.07. The number of nitrogens with one attached hydrogen (secondary N) is 1. The average Bonchev–Trinajstić information content (AvgIpc) is 2.30. The van der Waals surface area contributed by atoms with E-state index < -0.39 is 0 Å². The standard InChI is InChI=1S/C14H19N3O/c1-14(2,9-18-3)17-12-7-8-16-13-10(12)5-4-6-11(13)15/h4-8H,9,15H2,1-3H3,(H,16,17). The average molecular weight is 245 g/mol. The number of nitrogens with two attached hydrogens (primary N) is 1. The number of hydrogen-bond acceptors (Lipinski definition) is 4. The third-order valence-electron chi connectivity index (χ3n) is 2.78. The molecule has 18 heavy (non-hydrogen) atoms. The van der Waals surface area contributed by atoms with Crippen molar-refractivity contribution in [2.24, 2.45) is 0 Å². The summed E-state index contributed by atoms with van der Waals surface area (Å²) in [6, 6.07) is 7.77. The van der Waals surface area contributed by atoms with Gasteiger partial charge >= 0.3 is 0 Å². The Morgan fingerprint density at radius 3 is 2.83 bits per heavy atom. The van der Waals surface area contributed by atoms with Crippen LogP contribution in [0.1, 0.15) is 13.8 Å². The van der Waals surface area contributed by atoms with E-state index in [9.17, 15) is 0 Å². The largest absolute Gasteiger partial charge is 0.397 e. The Balaban J connectivity index is 2.43. The number of rotatable bonds is 4. The zero-order valence-electron chi connectivity index (χ0n) is 11.0. The highest BCUT2D eigenvalue weighted by molar-refractivity contribution is 5.97. The quantitative estimate of drug-likeness (QED) is 0.813. The Morgan fingerprint density at radius 1 is 1.33 bits per heavy atom. The van der Waals surface area contributed by atoms with Crippen molar-refractivity contribution >= 4 is 22.3 Å². The number of hydrogen-bond donors (Lipinski definition) is 2. The van der Waals surface area contributed by atoms with Gasteiger partial charge in [0.2, 0.25) is 0 Å². The number of anilines is 2. The van der Waals surface area contributed by atoms with Gasteiger partial charge in [0.05, 0.1) is 23.3 Å². The predicted octanol–water partition coefficient (Wildman–Crippen LogP) is 2.65. The minimum atomic E-state index is -0.145. The van der Waals surface area contributed by atoms with Crippen molar-refractivity contribution in [2.45, 2.75) is 19.4 Å². The van der Waals surface area contributed by atoms with Crippen molar-refractivity contribution in [3.05, 3.63) is 30.5 Å². The first-order valence-electron chi connectivity index (χ1n) is 5.94. The summed E-state index contributed by atoms with van der Waals surface area (Å²) in [4.78, 5) is 4.32.